The molecular weight excluding hydrogens is 252 g/mol. The van der Waals surface area contributed by atoms with Crippen LogP contribution in [-0.2, 0) is 4.65 Å². The van der Waals surface area contributed by atoms with E-state index in [4.69, 9.17) is 9.39 Å². The Labute approximate surface area is 112 Å². The third-order valence-corrected chi connectivity index (χ3v) is 3.18. The van der Waals surface area contributed by atoms with Crippen LogP contribution in [0.5, 0.6) is 5.88 Å². The molecule has 1 aromatic rings. The molecule has 0 saturated heterocycles. The van der Waals surface area contributed by atoms with Crippen LogP contribution in [-0.4, -0.2) is 40.5 Å². The van der Waals surface area contributed by atoms with E-state index in [0.29, 0.717) is 0 Å². The maximum atomic E-state index is 13.2. The molecule has 1 rings (SSSR count). The number of rotatable bonds is 5. The SMILES string of the molecule is COc1ncc(F)cc1B(O)OC(C)(C)C(C)(C)O. The zero-order valence-corrected chi connectivity index (χ0v) is 11.8. The number of pyridine rings is 1. The summed E-state index contributed by atoms with van der Waals surface area (Å²) in [7, 11) is -0.100. The number of halogens is 1. The van der Waals surface area contributed by atoms with E-state index < -0.39 is 24.1 Å². The van der Waals surface area contributed by atoms with Crippen LogP contribution in [0, 0.1) is 5.82 Å². The fraction of sp³-hybridized carbons (Fsp3) is 0.583. The molecule has 0 radical (unpaired) electrons. The quantitative estimate of drug-likeness (QED) is 0.762. The minimum atomic E-state index is -1.46. The van der Waals surface area contributed by atoms with E-state index in [1.54, 1.807) is 27.7 Å². The van der Waals surface area contributed by atoms with Gasteiger partial charge in [-0.3, -0.25) is 0 Å². The Kier molecular flexibility index (Phi) is 4.55. The maximum Gasteiger partial charge on any atom is 0.497 e. The molecule has 0 aliphatic rings. The molecule has 0 atom stereocenters. The summed E-state index contributed by atoms with van der Waals surface area (Å²) in [4.78, 5) is 3.71. The van der Waals surface area contributed by atoms with Crippen molar-refractivity contribution in [3.63, 3.8) is 0 Å². The molecule has 7 heteroatoms. The highest BCUT2D eigenvalue weighted by atomic mass is 19.1. The molecule has 0 saturated carbocycles. The Morgan fingerprint density at radius 3 is 2.37 bits per heavy atom. The van der Waals surface area contributed by atoms with Crippen molar-refractivity contribution >= 4 is 12.6 Å². The van der Waals surface area contributed by atoms with Crippen molar-refractivity contribution in [1.29, 1.82) is 0 Å². The van der Waals surface area contributed by atoms with E-state index in [1.807, 2.05) is 0 Å². The summed E-state index contributed by atoms with van der Waals surface area (Å²) < 4.78 is 23.5. The molecule has 106 valence electrons. The lowest BCUT2D eigenvalue weighted by Crippen LogP contribution is -2.53. The van der Waals surface area contributed by atoms with Crippen molar-refractivity contribution in [1.82, 2.24) is 4.98 Å². The van der Waals surface area contributed by atoms with Gasteiger partial charge in [0.25, 0.3) is 0 Å². The summed E-state index contributed by atoms with van der Waals surface area (Å²) >= 11 is 0. The molecule has 0 bridgehead atoms. The average Bonchev–Trinajstić information content (AvgIpc) is 2.26. The zero-order chi connectivity index (χ0) is 14.8. The lowest BCUT2D eigenvalue weighted by atomic mass is 9.77. The van der Waals surface area contributed by atoms with Gasteiger partial charge in [0, 0.05) is 5.46 Å². The number of aromatic nitrogens is 1. The van der Waals surface area contributed by atoms with E-state index in [1.165, 1.54) is 7.11 Å². The third kappa shape index (κ3) is 3.65. The van der Waals surface area contributed by atoms with Gasteiger partial charge in [-0.05, 0) is 33.8 Å². The number of aliphatic hydroxyl groups is 1. The Hall–Kier alpha value is -1.18. The van der Waals surface area contributed by atoms with E-state index >= 15 is 0 Å². The Bertz CT molecular complexity index is 448. The standard InChI is InChI=1S/C12H19BFNO4/c1-11(2,16)12(3,4)19-13(17)9-6-8(14)7-15-10(9)18-5/h6-7,16-17H,1-5H3. The van der Waals surface area contributed by atoms with Crippen LogP contribution in [0.3, 0.4) is 0 Å². The number of nitrogens with zero attached hydrogens (tertiary/aromatic N) is 1. The summed E-state index contributed by atoms with van der Waals surface area (Å²) in [6.45, 7) is 6.35. The first-order valence-electron chi connectivity index (χ1n) is 5.86. The highest BCUT2D eigenvalue weighted by Crippen LogP contribution is 2.25. The Morgan fingerprint density at radius 1 is 1.32 bits per heavy atom. The van der Waals surface area contributed by atoms with Crippen molar-refractivity contribution in [3.05, 3.63) is 18.1 Å². The van der Waals surface area contributed by atoms with Gasteiger partial charge in [-0.1, -0.05) is 0 Å². The van der Waals surface area contributed by atoms with Gasteiger partial charge in [-0.15, -0.1) is 0 Å². The minimum Gasteiger partial charge on any atom is -0.481 e. The van der Waals surface area contributed by atoms with Crippen molar-refractivity contribution < 1.29 is 23.9 Å². The van der Waals surface area contributed by atoms with Gasteiger partial charge < -0.3 is 19.5 Å². The van der Waals surface area contributed by atoms with Crippen molar-refractivity contribution in [3.8, 4) is 5.88 Å². The molecule has 0 aliphatic carbocycles. The first-order valence-corrected chi connectivity index (χ1v) is 5.86. The lowest BCUT2D eigenvalue weighted by molar-refractivity contribution is -0.0983. The van der Waals surface area contributed by atoms with Crippen LogP contribution >= 0.6 is 0 Å². The molecule has 1 aromatic heterocycles. The number of methoxy groups -OCH3 is 1. The first kappa shape index (κ1) is 15.9. The van der Waals surface area contributed by atoms with Crippen LogP contribution in [0.1, 0.15) is 27.7 Å². The van der Waals surface area contributed by atoms with Crippen LogP contribution in [0.2, 0.25) is 0 Å². The molecule has 2 N–H and O–H groups in total. The first-order chi connectivity index (χ1) is 8.58. The summed E-state index contributed by atoms with van der Waals surface area (Å²) in [5, 5.41) is 20.0. The fourth-order valence-corrected chi connectivity index (χ4v) is 1.28. The second-order valence-electron chi connectivity index (χ2n) is 5.29. The number of ether oxygens (including phenoxy) is 1. The monoisotopic (exact) mass is 271 g/mol. The largest absolute Gasteiger partial charge is 0.497 e. The molecule has 0 amide bonds. The normalized spacial score (nSPS) is 12.4. The van der Waals surface area contributed by atoms with Gasteiger partial charge in [0.2, 0.25) is 5.88 Å². The van der Waals surface area contributed by atoms with Gasteiger partial charge in [-0.25, -0.2) is 9.37 Å². The van der Waals surface area contributed by atoms with Gasteiger partial charge in [0.15, 0.2) is 0 Å². The Balaban J connectivity index is 3.01. The molecular formula is C12H19BFNO4. The third-order valence-electron chi connectivity index (χ3n) is 3.18. The van der Waals surface area contributed by atoms with E-state index in [0.717, 1.165) is 12.3 Å². The van der Waals surface area contributed by atoms with Gasteiger partial charge in [-0.2, -0.15) is 0 Å². The molecule has 0 spiro atoms. The van der Waals surface area contributed by atoms with E-state index in [-0.39, 0.29) is 11.3 Å². The summed E-state index contributed by atoms with van der Waals surface area (Å²) in [5.74, 6) is -0.542. The second kappa shape index (κ2) is 5.44. The maximum absolute atomic E-state index is 13.2. The summed E-state index contributed by atoms with van der Waals surface area (Å²) in [6.07, 6.45) is 0.982. The second-order valence-corrected chi connectivity index (χ2v) is 5.29. The molecule has 0 unspecified atom stereocenters. The van der Waals surface area contributed by atoms with Crippen molar-refractivity contribution in [2.75, 3.05) is 7.11 Å². The molecule has 5 nitrogen and oxygen atoms in total. The van der Waals surface area contributed by atoms with Gasteiger partial charge in [0.05, 0.1) is 24.5 Å². The van der Waals surface area contributed by atoms with Gasteiger partial charge >= 0.3 is 7.12 Å². The number of hydrogen-bond acceptors (Lipinski definition) is 5. The van der Waals surface area contributed by atoms with E-state index in [2.05, 4.69) is 4.98 Å². The van der Waals surface area contributed by atoms with Crippen molar-refractivity contribution in [2.45, 2.75) is 38.9 Å². The fourth-order valence-electron chi connectivity index (χ4n) is 1.28. The average molecular weight is 271 g/mol. The predicted molar refractivity (Wildman–Crippen MR) is 69.8 cm³/mol. The minimum absolute atomic E-state index is 0.0693. The molecule has 0 aromatic carbocycles. The van der Waals surface area contributed by atoms with Crippen LogP contribution in [0.25, 0.3) is 0 Å². The molecule has 0 fully saturated rings. The van der Waals surface area contributed by atoms with E-state index in [9.17, 15) is 14.5 Å². The zero-order valence-electron chi connectivity index (χ0n) is 11.8. The highest BCUT2D eigenvalue weighted by Gasteiger charge is 2.40. The predicted octanol–water partition coefficient (Wildman–Crippen LogP) is 0.483. The van der Waals surface area contributed by atoms with Crippen LogP contribution in [0.4, 0.5) is 4.39 Å². The van der Waals surface area contributed by atoms with Crippen LogP contribution in [0.15, 0.2) is 12.3 Å². The lowest BCUT2D eigenvalue weighted by Gasteiger charge is -2.38. The molecule has 19 heavy (non-hydrogen) atoms. The Morgan fingerprint density at radius 2 is 1.89 bits per heavy atom. The topological polar surface area (TPSA) is 71.8 Å². The number of hydrogen-bond donors (Lipinski definition) is 2. The smallest absolute Gasteiger partial charge is 0.481 e. The van der Waals surface area contributed by atoms with Crippen molar-refractivity contribution in [2.24, 2.45) is 0 Å². The summed E-state index contributed by atoms with van der Waals surface area (Å²) in [5.41, 5.74) is -2.18. The van der Waals surface area contributed by atoms with Gasteiger partial charge in [0.1, 0.15) is 5.82 Å². The highest BCUT2D eigenvalue weighted by molar-refractivity contribution is 6.61. The molecule has 1 heterocycles. The van der Waals surface area contributed by atoms with Crippen LogP contribution < -0.4 is 10.2 Å². The summed E-state index contributed by atoms with van der Waals surface area (Å²) in [6, 6.07) is 1.08. The molecule has 0 aliphatic heterocycles.